The van der Waals surface area contributed by atoms with Gasteiger partial charge >= 0.3 is 5.97 Å². The molecule has 2 N–H and O–H groups in total. The minimum absolute atomic E-state index is 0.0320. The predicted molar refractivity (Wildman–Crippen MR) is 72.8 cm³/mol. The van der Waals surface area contributed by atoms with Crippen molar-refractivity contribution < 1.29 is 19.1 Å². The number of hydrogen-bond donors (Lipinski definition) is 2. The van der Waals surface area contributed by atoms with E-state index in [1.807, 2.05) is 6.92 Å². The van der Waals surface area contributed by atoms with Crippen LogP contribution in [0.15, 0.2) is 24.5 Å². The Morgan fingerprint density at radius 3 is 2.75 bits per heavy atom. The maximum Gasteiger partial charge on any atom is 0.338 e. The Kier molecular flexibility index (Phi) is 4.09. The Balaban J connectivity index is 2.27. The summed E-state index contributed by atoms with van der Waals surface area (Å²) in [6, 6.07) is 2.56. The number of carbonyl (C=O) groups is 2. The van der Waals surface area contributed by atoms with Crippen LogP contribution in [0, 0.1) is 5.82 Å². The van der Waals surface area contributed by atoms with Crippen LogP contribution < -0.4 is 5.32 Å². The fraction of sp³-hybridized carbons (Fsp3) is 0.154. The van der Waals surface area contributed by atoms with Gasteiger partial charge < -0.3 is 10.4 Å². The van der Waals surface area contributed by atoms with Crippen molar-refractivity contribution in [2.45, 2.75) is 13.3 Å². The molecule has 2 rings (SSSR count). The van der Waals surface area contributed by atoms with E-state index in [-0.39, 0.29) is 16.1 Å². The van der Waals surface area contributed by atoms with Crippen LogP contribution in [0.5, 0.6) is 0 Å². The number of aryl methyl sites for hydroxylation is 1. The molecule has 2 aromatic heterocycles. The first-order valence-electron chi connectivity index (χ1n) is 5.79. The summed E-state index contributed by atoms with van der Waals surface area (Å²) in [6.45, 7) is 1.89. The first-order valence-corrected chi connectivity index (χ1v) is 6.60. The molecule has 20 heavy (non-hydrogen) atoms. The number of pyridine rings is 1. The molecule has 0 aliphatic carbocycles. The maximum absolute atomic E-state index is 13.0. The van der Waals surface area contributed by atoms with Crippen molar-refractivity contribution >= 4 is 28.2 Å². The predicted octanol–water partition coefficient (Wildman–Crippen LogP) is 2.80. The quantitative estimate of drug-likeness (QED) is 0.908. The molecule has 0 aromatic carbocycles. The van der Waals surface area contributed by atoms with Gasteiger partial charge in [-0.05, 0) is 18.6 Å². The Bertz CT molecular complexity index is 669. The van der Waals surface area contributed by atoms with Gasteiger partial charge in [-0.2, -0.15) is 0 Å². The molecule has 0 spiro atoms. The monoisotopic (exact) mass is 294 g/mol. The van der Waals surface area contributed by atoms with Crippen LogP contribution in [0.3, 0.4) is 0 Å². The number of anilines is 1. The van der Waals surface area contributed by atoms with Crippen molar-refractivity contribution in [2.24, 2.45) is 0 Å². The standard InChI is InChI=1S/C13H11FN2O3S/c1-2-9-4-10(13(18)19)12(20-9)16-11(17)7-3-8(14)6-15-5-7/h3-6H,2H2,1H3,(H,16,17)(H,18,19). The first-order chi connectivity index (χ1) is 9.51. The van der Waals surface area contributed by atoms with E-state index in [0.717, 1.165) is 17.1 Å². The van der Waals surface area contributed by atoms with E-state index in [1.165, 1.54) is 23.6 Å². The zero-order valence-electron chi connectivity index (χ0n) is 10.5. The van der Waals surface area contributed by atoms with Gasteiger partial charge in [-0.3, -0.25) is 9.78 Å². The highest BCUT2D eigenvalue weighted by Gasteiger charge is 2.17. The maximum atomic E-state index is 13.0. The lowest BCUT2D eigenvalue weighted by molar-refractivity contribution is 0.0698. The third kappa shape index (κ3) is 3.00. The molecule has 0 bridgehead atoms. The Hall–Kier alpha value is -2.28. The van der Waals surface area contributed by atoms with Crippen LogP contribution in [0.1, 0.15) is 32.5 Å². The molecule has 0 radical (unpaired) electrons. The smallest absolute Gasteiger partial charge is 0.338 e. The van der Waals surface area contributed by atoms with Gasteiger partial charge in [0.05, 0.1) is 17.3 Å². The Labute approximate surface area is 118 Å². The summed E-state index contributed by atoms with van der Waals surface area (Å²) in [7, 11) is 0. The molecular formula is C13H11FN2O3S. The Morgan fingerprint density at radius 2 is 2.15 bits per heavy atom. The van der Waals surface area contributed by atoms with Crippen molar-refractivity contribution in [2.75, 3.05) is 5.32 Å². The van der Waals surface area contributed by atoms with Gasteiger partial charge in [-0.15, -0.1) is 11.3 Å². The summed E-state index contributed by atoms with van der Waals surface area (Å²) in [5, 5.41) is 11.8. The molecule has 0 aliphatic heterocycles. The van der Waals surface area contributed by atoms with Crippen LogP contribution in [-0.2, 0) is 6.42 Å². The lowest BCUT2D eigenvalue weighted by atomic mass is 10.2. The highest BCUT2D eigenvalue weighted by atomic mass is 32.1. The summed E-state index contributed by atoms with van der Waals surface area (Å²) in [6.07, 6.45) is 2.87. The second kappa shape index (κ2) is 5.79. The second-order valence-electron chi connectivity index (χ2n) is 3.96. The SMILES string of the molecule is CCc1cc(C(=O)O)c(NC(=O)c2cncc(F)c2)s1. The van der Waals surface area contributed by atoms with Crippen LogP contribution in [0.2, 0.25) is 0 Å². The van der Waals surface area contributed by atoms with Crippen LogP contribution in [0.4, 0.5) is 9.39 Å². The van der Waals surface area contributed by atoms with Gasteiger partial charge in [0.1, 0.15) is 10.8 Å². The normalized spacial score (nSPS) is 10.3. The number of carboxylic acids is 1. The molecule has 0 fully saturated rings. The summed E-state index contributed by atoms with van der Waals surface area (Å²) in [5.41, 5.74) is 0.0670. The highest BCUT2D eigenvalue weighted by molar-refractivity contribution is 7.16. The van der Waals surface area contributed by atoms with Gasteiger partial charge in [0.15, 0.2) is 0 Å². The van der Waals surface area contributed by atoms with Crippen molar-refractivity contribution in [3.8, 4) is 0 Å². The Morgan fingerprint density at radius 1 is 1.40 bits per heavy atom. The van der Waals surface area contributed by atoms with Gasteiger partial charge in [-0.1, -0.05) is 6.92 Å². The van der Waals surface area contributed by atoms with Gasteiger partial charge in [0.25, 0.3) is 5.91 Å². The van der Waals surface area contributed by atoms with E-state index in [0.29, 0.717) is 6.42 Å². The number of carbonyl (C=O) groups excluding carboxylic acids is 1. The van der Waals surface area contributed by atoms with Crippen LogP contribution >= 0.6 is 11.3 Å². The highest BCUT2D eigenvalue weighted by Crippen LogP contribution is 2.29. The van der Waals surface area contributed by atoms with Gasteiger partial charge in [0, 0.05) is 11.1 Å². The number of nitrogens with zero attached hydrogens (tertiary/aromatic N) is 1. The van der Waals surface area contributed by atoms with E-state index in [9.17, 15) is 14.0 Å². The van der Waals surface area contributed by atoms with Crippen molar-refractivity contribution in [1.29, 1.82) is 0 Å². The van der Waals surface area contributed by atoms with Gasteiger partial charge in [-0.25, -0.2) is 9.18 Å². The number of carboxylic acid groups (broad SMARTS) is 1. The second-order valence-corrected chi connectivity index (χ2v) is 5.10. The molecule has 1 amide bonds. The molecule has 5 nitrogen and oxygen atoms in total. The minimum atomic E-state index is -1.12. The zero-order chi connectivity index (χ0) is 14.7. The molecule has 0 atom stereocenters. The third-order valence-corrected chi connectivity index (χ3v) is 3.75. The van der Waals surface area contributed by atoms with Crippen LogP contribution in [0.25, 0.3) is 0 Å². The third-order valence-electron chi connectivity index (χ3n) is 2.56. The average Bonchev–Trinajstić information content (AvgIpc) is 2.82. The topological polar surface area (TPSA) is 79.3 Å². The van der Waals surface area contributed by atoms with Crippen molar-refractivity contribution in [3.05, 3.63) is 46.3 Å². The largest absolute Gasteiger partial charge is 0.478 e. The lowest BCUT2D eigenvalue weighted by Crippen LogP contribution is -2.13. The number of aromatic nitrogens is 1. The average molecular weight is 294 g/mol. The first kappa shape index (κ1) is 14.1. The number of aromatic carboxylic acids is 1. The number of thiophene rings is 1. The van der Waals surface area contributed by atoms with Crippen molar-refractivity contribution in [3.63, 3.8) is 0 Å². The summed E-state index contributed by atoms with van der Waals surface area (Å²) in [4.78, 5) is 27.5. The fourth-order valence-corrected chi connectivity index (χ4v) is 2.56. The lowest BCUT2D eigenvalue weighted by Gasteiger charge is -2.03. The summed E-state index contributed by atoms with van der Waals surface area (Å²) < 4.78 is 13.0. The van der Waals surface area contributed by atoms with E-state index >= 15 is 0 Å². The van der Waals surface area contributed by atoms with E-state index in [1.54, 1.807) is 0 Å². The van der Waals surface area contributed by atoms with Gasteiger partial charge in [0.2, 0.25) is 0 Å². The number of halogens is 1. The molecule has 0 saturated heterocycles. The van der Waals surface area contributed by atoms with Crippen molar-refractivity contribution in [1.82, 2.24) is 4.98 Å². The summed E-state index contributed by atoms with van der Waals surface area (Å²) in [5.74, 6) is -2.34. The number of amides is 1. The summed E-state index contributed by atoms with van der Waals surface area (Å²) >= 11 is 1.19. The molecule has 2 aromatic rings. The molecule has 2 heterocycles. The van der Waals surface area contributed by atoms with E-state index in [4.69, 9.17) is 5.11 Å². The molecular weight excluding hydrogens is 283 g/mol. The van der Waals surface area contributed by atoms with Crippen LogP contribution in [-0.4, -0.2) is 22.0 Å². The number of rotatable bonds is 4. The molecule has 0 aliphatic rings. The zero-order valence-corrected chi connectivity index (χ0v) is 11.3. The molecule has 0 unspecified atom stereocenters. The molecule has 104 valence electrons. The number of nitrogens with one attached hydrogen (secondary N) is 1. The molecule has 7 heteroatoms. The van der Waals surface area contributed by atoms with E-state index < -0.39 is 17.7 Å². The minimum Gasteiger partial charge on any atom is -0.478 e. The van der Waals surface area contributed by atoms with E-state index in [2.05, 4.69) is 10.3 Å². The number of hydrogen-bond acceptors (Lipinski definition) is 4. The fourth-order valence-electron chi connectivity index (χ4n) is 1.58. The molecule has 0 saturated carbocycles.